The lowest BCUT2D eigenvalue weighted by molar-refractivity contribution is -0.135. The van der Waals surface area contributed by atoms with Crippen LogP contribution < -0.4 is 0 Å². The molecule has 1 aliphatic heterocycles. The van der Waals surface area contributed by atoms with Crippen molar-refractivity contribution in [1.82, 2.24) is 0 Å². The van der Waals surface area contributed by atoms with Crippen LogP contribution in [0.5, 0.6) is 0 Å². The number of halogens is 1. The van der Waals surface area contributed by atoms with Crippen LogP contribution in [0.15, 0.2) is 21.9 Å². The fourth-order valence-corrected chi connectivity index (χ4v) is 1.11. The molecule has 1 heterocycles. The summed E-state index contributed by atoms with van der Waals surface area (Å²) in [6, 6.07) is 0. The average Bonchev–Trinajstić information content (AvgIpc) is 2.34. The van der Waals surface area contributed by atoms with Crippen molar-refractivity contribution in [2.24, 2.45) is 0 Å². The number of carbonyl (C=O) groups is 2. The van der Waals surface area contributed by atoms with Gasteiger partial charge in [-0.1, -0.05) is 0 Å². The van der Waals surface area contributed by atoms with Crippen LogP contribution in [-0.2, 0) is 19.1 Å². The van der Waals surface area contributed by atoms with Crippen LogP contribution in [0.1, 0.15) is 6.92 Å². The van der Waals surface area contributed by atoms with Crippen molar-refractivity contribution >= 4 is 27.9 Å². The molecular formula is C8H7BrO4. The van der Waals surface area contributed by atoms with Crippen LogP contribution in [-0.4, -0.2) is 19.0 Å². The highest BCUT2D eigenvalue weighted by atomic mass is 79.9. The fourth-order valence-electron chi connectivity index (χ4n) is 0.754. The molecule has 0 aromatic rings. The van der Waals surface area contributed by atoms with Crippen LogP contribution in [0.25, 0.3) is 0 Å². The number of hydrogen-bond acceptors (Lipinski definition) is 4. The van der Waals surface area contributed by atoms with Gasteiger partial charge in [0.1, 0.15) is 0 Å². The summed E-state index contributed by atoms with van der Waals surface area (Å²) >= 11 is 3.13. The minimum atomic E-state index is -0.561. The Labute approximate surface area is 83.3 Å². The quantitative estimate of drug-likeness (QED) is 0.517. The average molecular weight is 247 g/mol. The lowest BCUT2D eigenvalue weighted by atomic mass is 10.3. The minimum absolute atomic E-state index is 0.189. The molecule has 70 valence electrons. The number of ether oxygens (including phenoxy) is 2. The van der Waals surface area contributed by atoms with Gasteiger partial charge in [0.25, 0.3) is 0 Å². The van der Waals surface area contributed by atoms with Gasteiger partial charge in [-0.2, -0.15) is 0 Å². The molecule has 0 spiro atoms. The van der Waals surface area contributed by atoms with Gasteiger partial charge in [-0.05, 0) is 22.9 Å². The number of hydrogen-bond donors (Lipinski definition) is 0. The minimum Gasteiger partial charge on any atom is -0.466 e. The van der Waals surface area contributed by atoms with Gasteiger partial charge in [0.2, 0.25) is 0 Å². The molecule has 0 aromatic heterocycles. The fraction of sp³-hybridized carbons (Fsp3) is 0.250. The number of esters is 2. The van der Waals surface area contributed by atoms with E-state index >= 15 is 0 Å². The molecule has 0 unspecified atom stereocenters. The van der Waals surface area contributed by atoms with Crippen LogP contribution >= 0.6 is 15.9 Å². The lowest BCUT2D eigenvalue weighted by Crippen LogP contribution is -1.99. The van der Waals surface area contributed by atoms with E-state index < -0.39 is 11.9 Å². The highest BCUT2D eigenvalue weighted by Crippen LogP contribution is 2.30. The SMILES string of the molecule is COC(=O)C=C1OC(=O)C(C)=C1Br. The zero-order valence-electron chi connectivity index (χ0n) is 7.09. The normalized spacial score (nSPS) is 19.3. The van der Waals surface area contributed by atoms with Crippen LogP contribution in [0.2, 0.25) is 0 Å². The van der Waals surface area contributed by atoms with Crippen molar-refractivity contribution in [3.8, 4) is 0 Å². The second-order valence-electron chi connectivity index (χ2n) is 2.36. The first-order chi connectivity index (χ1) is 6.06. The van der Waals surface area contributed by atoms with E-state index in [-0.39, 0.29) is 5.76 Å². The largest absolute Gasteiger partial charge is 0.466 e. The van der Waals surface area contributed by atoms with Gasteiger partial charge >= 0.3 is 11.9 Å². The van der Waals surface area contributed by atoms with Crippen LogP contribution in [0, 0.1) is 0 Å². The molecule has 13 heavy (non-hydrogen) atoms. The molecule has 0 amide bonds. The predicted octanol–water partition coefficient (Wildman–Crippen LogP) is 1.27. The Bertz CT molecular complexity index is 327. The highest BCUT2D eigenvalue weighted by Gasteiger charge is 2.25. The number of methoxy groups -OCH3 is 1. The Kier molecular flexibility index (Phi) is 2.87. The molecule has 0 N–H and O–H groups in total. The molecule has 0 aliphatic carbocycles. The summed E-state index contributed by atoms with van der Waals surface area (Å²) in [4.78, 5) is 21.8. The number of allylic oxidation sites excluding steroid dienone is 1. The van der Waals surface area contributed by atoms with Crippen LogP contribution in [0.4, 0.5) is 0 Å². The second kappa shape index (κ2) is 3.74. The molecule has 0 fully saturated rings. The summed E-state index contributed by atoms with van der Waals surface area (Å²) in [5.41, 5.74) is 0.440. The maximum absolute atomic E-state index is 11.0. The molecule has 0 saturated heterocycles. The molecule has 1 rings (SSSR count). The predicted molar refractivity (Wildman–Crippen MR) is 47.8 cm³/mol. The van der Waals surface area contributed by atoms with Crippen molar-refractivity contribution in [2.45, 2.75) is 6.92 Å². The van der Waals surface area contributed by atoms with Gasteiger partial charge in [-0.3, -0.25) is 0 Å². The van der Waals surface area contributed by atoms with Crippen molar-refractivity contribution < 1.29 is 19.1 Å². The molecule has 0 aromatic carbocycles. The summed E-state index contributed by atoms with van der Waals surface area (Å²) in [7, 11) is 1.25. The summed E-state index contributed by atoms with van der Waals surface area (Å²) < 4.78 is 9.63. The first kappa shape index (κ1) is 9.98. The van der Waals surface area contributed by atoms with Gasteiger partial charge < -0.3 is 9.47 Å². The Balaban J connectivity index is 2.94. The Hall–Kier alpha value is -1.10. The van der Waals surface area contributed by atoms with E-state index in [4.69, 9.17) is 4.74 Å². The van der Waals surface area contributed by atoms with Gasteiger partial charge in [0.05, 0.1) is 23.2 Å². The summed E-state index contributed by atoms with van der Waals surface area (Å²) in [5.74, 6) is -0.828. The maximum atomic E-state index is 11.0. The third-order valence-corrected chi connectivity index (χ3v) is 2.49. The molecular weight excluding hydrogens is 240 g/mol. The third kappa shape index (κ3) is 1.98. The topological polar surface area (TPSA) is 52.6 Å². The Morgan fingerprint density at radius 2 is 2.23 bits per heavy atom. The summed E-state index contributed by atoms with van der Waals surface area (Å²) in [5, 5.41) is 0. The lowest BCUT2D eigenvalue weighted by Gasteiger charge is -1.96. The molecule has 0 saturated carbocycles. The van der Waals surface area contributed by atoms with E-state index in [2.05, 4.69) is 20.7 Å². The Morgan fingerprint density at radius 3 is 2.62 bits per heavy atom. The monoisotopic (exact) mass is 246 g/mol. The third-order valence-electron chi connectivity index (χ3n) is 1.50. The smallest absolute Gasteiger partial charge is 0.340 e. The van der Waals surface area contributed by atoms with E-state index in [9.17, 15) is 9.59 Å². The first-order valence-electron chi connectivity index (χ1n) is 3.45. The van der Waals surface area contributed by atoms with Crippen molar-refractivity contribution in [1.29, 1.82) is 0 Å². The van der Waals surface area contributed by atoms with E-state index in [0.29, 0.717) is 10.1 Å². The zero-order valence-corrected chi connectivity index (χ0v) is 8.67. The molecule has 5 heteroatoms. The van der Waals surface area contributed by atoms with E-state index in [0.717, 1.165) is 6.08 Å². The van der Waals surface area contributed by atoms with Crippen molar-refractivity contribution in [3.63, 3.8) is 0 Å². The van der Waals surface area contributed by atoms with Gasteiger partial charge in [-0.25, -0.2) is 9.59 Å². The number of carbonyl (C=O) groups excluding carboxylic acids is 2. The molecule has 0 radical (unpaired) electrons. The summed E-state index contributed by atoms with van der Waals surface area (Å²) in [6.07, 6.45) is 1.11. The van der Waals surface area contributed by atoms with E-state index in [1.54, 1.807) is 6.92 Å². The van der Waals surface area contributed by atoms with E-state index in [1.165, 1.54) is 7.11 Å². The summed E-state index contributed by atoms with van der Waals surface area (Å²) in [6.45, 7) is 1.60. The number of cyclic esters (lactones) is 1. The number of rotatable bonds is 1. The maximum Gasteiger partial charge on any atom is 0.340 e. The zero-order chi connectivity index (χ0) is 10.0. The van der Waals surface area contributed by atoms with Gasteiger partial charge in [0, 0.05) is 0 Å². The van der Waals surface area contributed by atoms with E-state index in [1.807, 2.05) is 0 Å². The van der Waals surface area contributed by atoms with Crippen LogP contribution in [0.3, 0.4) is 0 Å². The highest BCUT2D eigenvalue weighted by molar-refractivity contribution is 9.12. The standard InChI is InChI=1S/C8H7BrO4/c1-4-7(9)5(13-8(4)11)3-6(10)12-2/h3H,1-2H3. The van der Waals surface area contributed by atoms with Gasteiger partial charge in [0.15, 0.2) is 5.76 Å². The van der Waals surface area contributed by atoms with Crippen molar-refractivity contribution in [3.05, 3.63) is 21.9 Å². The molecule has 4 nitrogen and oxygen atoms in total. The van der Waals surface area contributed by atoms with Crippen molar-refractivity contribution in [2.75, 3.05) is 7.11 Å². The molecule has 0 atom stereocenters. The molecule has 0 bridgehead atoms. The first-order valence-corrected chi connectivity index (χ1v) is 4.24. The van der Waals surface area contributed by atoms with Gasteiger partial charge in [-0.15, -0.1) is 0 Å². The Morgan fingerprint density at radius 1 is 1.62 bits per heavy atom. The molecule has 1 aliphatic rings. The second-order valence-corrected chi connectivity index (χ2v) is 3.15.